The van der Waals surface area contributed by atoms with Crippen LogP contribution in [0.3, 0.4) is 0 Å². The third-order valence-electron chi connectivity index (χ3n) is 6.29. The molecular formula is C29H32Cl2FN3O4S. The van der Waals surface area contributed by atoms with Crippen LogP contribution in [0, 0.1) is 12.7 Å². The van der Waals surface area contributed by atoms with Gasteiger partial charge in [-0.05, 0) is 68.3 Å². The zero-order valence-corrected chi connectivity index (χ0v) is 24.9. The van der Waals surface area contributed by atoms with E-state index in [1.165, 1.54) is 59.5 Å². The highest BCUT2D eigenvalue weighted by Crippen LogP contribution is 2.30. The number of hydrogen-bond donors (Lipinski definition) is 1. The summed E-state index contributed by atoms with van der Waals surface area (Å²) in [5.74, 6) is -1.47. The van der Waals surface area contributed by atoms with Crippen LogP contribution in [0.15, 0.2) is 71.6 Å². The van der Waals surface area contributed by atoms with Crippen molar-refractivity contribution in [2.75, 3.05) is 17.4 Å². The van der Waals surface area contributed by atoms with Gasteiger partial charge in [0.15, 0.2) is 0 Å². The van der Waals surface area contributed by atoms with Crippen molar-refractivity contribution >= 4 is 50.7 Å². The van der Waals surface area contributed by atoms with Gasteiger partial charge in [-0.2, -0.15) is 0 Å². The number of benzene rings is 3. The van der Waals surface area contributed by atoms with Crippen molar-refractivity contribution in [3.8, 4) is 0 Å². The summed E-state index contributed by atoms with van der Waals surface area (Å²) in [6, 6.07) is 15.1. The van der Waals surface area contributed by atoms with Crippen molar-refractivity contribution in [3.63, 3.8) is 0 Å². The molecule has 214 valence electrons. The summed E-state index contributed by atoms with van der Waals surface area (Å²) in [6.45, 7) is 5.14. The molecule has 0 spiro atoms. The summed E-state index contributed by atoms with van der Waals surface area (Å²) in [4.78, 5) is 28.1. The molecule has 1 atom stereocenters. The molecule has 0 aliphatic rings. The molecule has 3 rings (SSSR count). The Bertz CT molecular complexity index is 1410. The van der Waals surface area contributed by atoms with Crippen LogP contribution in [0.1, 0.15) is 37.8 Å². The second-order valence-electron chi connectivity index (χ2n) is 9.42. The van der Waals surface area contributed by atoms with Crippen molar-refractivity contribution in [2.24, 2.45) is 0 Å². The largest absolute Gasteiger partial charge is 0.354 e. The quantitative estimate of drug-likeness (QED) is 0.257. The number of amides is 2. The predicted octanol–water partition coefficient (Wildman–Crippen LogP) is 5.97. The maximum Gasteiger partial charge on any atom is 0.264 e. The van der Waals surface area contributed by atoms with Gasteiger partial charge in [0.05, 0.1) is 10.6 Å². The molecule has 0 saturated heterocycles. The Morgan fingerprint density at radius 2 is 1.57 bits per heavy atom. The molecule has 0 bridgehead atoms. The molecule has 0 unspecified atom stereocenters. The lowest BCUT2D eigenvalue weighted by molar-refractivity contribution is -0.139. The van der Waals surface area contributed by atoms with Crippen LogP contribution in [0.2, 0.25) is 10.0 Å². The number of rotatable bonds is 12. The first kappa shape index (κ1) is 31.4. The number of nitrogens with zero attached hydrogens (tertiary/aromatic N) is 2. The Kier molecular flexibility index (Phi) is 11.0. The summed E-state index contributed by atoms with van der Waals surface area (Å²) >= 11 is 12.4. The molecule has 0 fully saturated rings. The first-order chi connectivity index (χ1) is 18.9. The van der Waals surface area contributed by atoms with Gasteiger partial charge in [-0.1, -0.05) is 66.4 Å². The molecule has 2 amide bonds. The van der Waals surface area contributed by atoms with Gasteiger partial charge >= 0.3 is 0 Å². The van der Waals surface area contributed by atoms with Gasteiger partial charge < -0.3 is 10.2 Å². The summed E-state index contributed by atoms with van der Waals surface area (Å²) in [6.07, 6.45) is 1.64. The topological polar surface area (TPSA) is 86.8 Å². The van der Waals surface area contributed by atoms with Crippen molar-refractivity contribution in [1.29, 1.82) is 0 Å². The zero-order chi connectivity index (χ0) is 29.4. The van der Waals surface area contributed by atoms with Gasteiger partial charge in [-0.3, -0.25) is 13.9 Å². The van der Waals surface area contributed by atoms with E-state index in [2.05, 4.69) is 5.32 Å². The Hall–Kier alpha value is -3.14. The molecule has 7 nitrogen and oxygen atoms in total. The number of sulfonamides is 1. The van der Waals surface area contributed by atoms with Crippen molar-refractivity contribution in [3.05, 3.63) is 93.7 Å². The van der Waals surface area contributed by atoms with Gasteiger partial charge in [0, 0.05) is 23.1 Å². The fraction of sp³-hybridized carbons (Fsp3) is 0.310. The third-order valence-corrected chi connectivity index (χ3v) is 8.51. The lowest BCUT2D eigenvalue weighted by Gasteiger charge is -2.32. The Balaban J connectivity index is 2.03. The average Bonchev–Trinajstić information content (AvgIpc) is 2.90. The summed E-state index contributed by atoms with van der Waals surface area (Å²) in [5, 5.41) is 3.19. The van der Waals surface area contributed by atoms with Crippen molar-refractivity contribution in [1.82, 2.24) is 10.2 Å². The van der Waals surface area contributed by atoms with Crippen molar-refractivity contribution in [2.45, 2.75) is 51.1 Å². The monoisotopic (exact) mass is 607 g/mol. The van der Waals surface area contributed by atoms with Crippen LogP contribution >= 0.6 is 23.2 Å². The number of carbonyl (C=O) groups excluding carboxylic acids is 2. The van der Waals surface area contributed by atoms with E-state index >= 15 is 0 Å². The molecule has 0 heterocycles. The van der Waals surface area contributed by atoms with E-state index in [0.29, 0.717) is 12.1 Å². The van der Waals surface area contributed by atoms with Crippen molar-refractivity contribution < 1.29 is 22.4 Å². The van der Waals surface area contributed by atoms with E-state index in [1.54, 1.807) is 19.1 Å². The first-order valence-corrected chi connectivity index (χ1v) is 15.0. The zero-order valence-electron chi connectivity index (χ0n) is 22.5. The highest BCUT2D eigenvalue weighted by Gasteiger charge is 2.32. The second kappa shape index (κ2) is 14.0. The number of anilines is 1. The fourth-order valence-corrected chi connectivity index (χ4v) is 5.87. The van der Waals surface area contributed by atoms with E-state index in [-0.39, 0.29) is 33.1 Å². The maximum absolute atomic E-state index is 13.9. The molecular weight excluding hydrogens is 576 g/mol. The van der Waals surface area contributed by atoms with E-state index in [4.69, 9.17) is 23.2 Å². The Morgan fingerprint density at radius 1 is 0.975 bits per heavy atom. The van der Waals surface area contributed by atoms with E-state index in [9.17, 15) is 22.4 Å². The number of nitrogens with one attached hydrogen (secondary N) is 1. The molecule has 40 heavy (non-hydrogen) atoms. The number of halogens is 3. The SMILES string of the molecule is CCCCNC(=O)[C@H](C)N(Cc1ccc(F)cc1)C(=O)CN(c1cc(Cl)cc(Cl)c1)S(=O)(=O)c1ccc(C)cc1. The standard InChI is InChI=1S/C29H32Cl2FN3O4S/c1-4-5-14-33-29(37)21(3)34(18-22-8-10-25(32)11-9-22)28(36)19-35(26-16-23(30)15-24(31)17-26)40(38,39)27-12-6-20(2)7-13-27/h6-13,15-17,21H,4-5,14,18-19H2,1-3H3,(H,33,37)/t21-/m0/s1. The number of aryl methyl sites for hydroxylation is 1. The molecule has 3 aromatic rings. The van der Waals surface area contributed by atoms with Crippen LogP contribution in [-0.4, -0.2) is 44.3 Å². The van der Waals surface area contributed by atoms with Gasteiger partial charge in [-0.25, -0.2) is 12.8 Å². The van der Waals surface area contributed by atoms with E-state index in [0.717, 1.165) is 22.7 Å². The average molecular weight is 609 g/mol. The van der Waals surface area contributed by atoms with Crippen LogP contribution < -0.4 is 9.62 Å². The van der Waals surface area contributed by atoms with Crippen LogP contribution in [0.5, 0.6) is 0 Å². The Labute approximate surface area is 244 Å². The number of carbonyl (C=O) groups is 2. The highest BCUT2D eigenvalue weighted by molar-refractivity contribution is 7.92. The van der Waals surface area contributed by atoms with Gasteiger partial charge in [0.2, 0.25) is 11.8 Å². The van der Waals surface area contributed by atoms with Crippen LogP contribution in [-0.2, 0) is 26.2 Å². The van der Waals surface area contributed by atoms with E-state index in [1.807, 2.05) is 13.8 Å². The molecule has 0 aliphatic carbocycles. The minimum atomic E-state index is -4.26. The van der Waals surface area contributed by atoms with Crippen LogP contribution in [0.4, 0.5) is 10.1 Å². The molecule has 3 aromatic carbocycles. The normalized spacial score (nSPS) is 12.1. The summed E-state index contributed by atoms with van der Waals surface area (Å²) < 4.78 is 42.2. The summed E-state index contributed by atoms with van der Waals surface area (Å²) in [5.41, 5.74) is 1.52. The van der Waals surface area contributed by atoms with Crippen LogP contribution in [0.25, 0.3) is 0 Å². The van der Waals surface area contributed by atoms with Gasteiger partial charge in [-0.15, -0.1) is 0 Å². The maximum atomic E-state index is 13.9. The predicted molar refractivity (Wildman–Crippen MR) is 157 cm³/mol. The fourth-order valence-electron chi connectivity index (χ4n) is 3.95. The minimum Gasteiger partial charge on any atom is -0.354 e. The number of hydrogen-bond acceptors (Lipinski definition) is 4. The third kappa shape index (κ3) is 8.19. The lowest BCUT2D eigenvalue weighted by Crippen LogP contribution is -2.51. The molecule has 11 heteroatoms. The molecule has 0 radical (unpaired) electrons. The van der Waals surface area contributed by atoms with Gasteiger partial charge in [0.1, 0.15) is 18.4 Å². The molecule has 0 saturated carbocycles. The molecule has 0 aliphatic heterocycles. The smallest absolute Gasteiger partial charge is 0.264 e. The highest BCUT2D eigenvalue weighted by atomic mass is 35.5. The van der Waals surface area contributed by atoms with Gasteiger partial charge in [0.25, 0.3) is 10.0 Å². The number of unbranched alkanes of at least 4 members (excludes halogenated alkanes) is 1. The molecule has 0 aromatic heterocycles. The Morgan fingerprint density at radius 3 is 2.15 bits per heavy atom. The minimum absolute atomic E-state index is 0.0301. The van der Waals surface area contributed by atoms with E-state index < -0.39 is 34.3 Å². The first-order valence-electron chi connectivity index (χ1n) is 12.8. The molecule has 1 N–H and O–H groups in total. The lowest BCUT2D eigenvalue weighted by atomic mass is 10.1. The summed E-state index contributed by atoms with van der Waals surface area (Å²) in [7, 11) is -4.26. The second-order valence-corrected chi connectivity index (χ2v) is 12.2.